The molecule has 0 aromatic heterocycles. The van der Waals surface area contributed by atoms with E-state index in [-0.39, 0.29) is 26.4 Å². The SMILES string of the molecule is Cc1ccc(C2OC[C@H]3O[C@H](O[C@H]4O[C@H](CO)[C@@H](O)[C@H](O)[C@H]4O)[C@H](O)[C@@H](O)[C@@H]3O2)cc1.Cc1ccc(COC[C@H]2O[C@H](O[C@H]3O[C@H](CO)[C@@H](O)[C@H](O)[C@H]3O)[C@H](O)[C@@H](O)[C@@H]2O)cc1.Cc1ccc(CO[C@H]2[C@H](O)[C@@H](O)[C@@H](O[C@H]3O[C@H](CO)[C@@H](O)[C@H](O)[C@H]3O)O[C@@H]2CO)cc1. The van der Waals surface area contributed by atoms with Gasteiger partial charge in [-0.15, -0.1) is 0 Å². The predicted molar refractivity (Wildman–Crippen MR) is 305 cm³/mol. The van der Waals surface area contributed by atoms with Crippen LogP contribution in [0.3, 0.4) is 0 Å². The first-order valence-electron chi connectivity index (χ1n) is 30.1. The summed E-state index contributed by atoms with van der Waals surface area (Å²) in [5, 5.41) is 200. The van der Waals surface area contributed by atoms with E-state index in [2.05, 4.69) is 0 Å². The first-order chi connectivity index (χ1) is 44.3. The number of aliphatic hydroxyl groups excluding tert-OH is 20. The molecule has 3 aromatic carbocycles. The quantitative estimate of drug-likeness (QED) is 0.0562. The Balaban J connectivity index is 0.000000179. The molecule has 0 radical (unpaired) electrons. The van der Waals surface area contributed by atoms with Crippen molar-refractivity contribution in [3.05, 3.63) is 106 Å². The van der Waals surface area contributed by atoms with Crippen LogP contribution in [-0.2, 0) is 74.8 Å². The first-order valence-corrected chi connectivity index (χ1v) is 30.1. The molecule has 33 nitrogen and oxygen atoms in total. The molecule has 7 saturated heterocycles. The predicted octanol–water partition coefficient (Wildman–Crippen LogP) is -8.06. The van der Waals surface area contributed by atoms with Gasteiger partial charge in [-0.25, -0.2) is 0 Å². The summed E-state index contributed by atoms with van der Waals surface area (Å²) < 4.78 is 71.4. The molecule has 10 rings (SSSR count). The van der Waals surface area contributed by atoms with Crippen LogP contribution in [0.25, 0.3) is 0 Å². The molecule has 1 unspecified atom stereocenters. The lowest BCUT2D eigenvalue weighted by molar-refractivity contribution is -0.399. The van der Waals surface area contributed by atoms with Crippen LogP contribution in [0, 0.1) is 20.8 Å². The highest BCUT2D eigenvalue weighted by Gasteiger charge is 2.55. The van der Waals surface area contributed by atoms with E-state index in [1.54, 1.807) is 0 Å². The van der Waals surface area contributed by atoms with Crippen LogP contribution < -0.4 is 0 Å². The second-order valence-corrected chi connectivity index (χ2v) is 23.7. The highest BCUT2D eigenvalue weighted by atomic mass is 16.8. The average Bonchev–Trinajstić information content (AvgIpc) is 0.901. The molecule has 7 aliphatic heterocycles. The van der Waals surface area contributed by atoms with Gasteiger partial charge >= 0.3 is 0 Å². The van der Waals surface area contributed by atoms with Gasteiger partial charge in [-0.3, -0.25) is 0 Å². The first kappa shape index (κ1) is 75.1. The van der Waals surface area contributed by atoms with Crippen LogP contribution in [0.5, 0.6) is 0 Å². The number of rotatable bonds is 18. The molecular formula is C60H88O33. The zero-order chi connectivity index (χ0) is 67.7. The van der Waals surface area contributed by atoms with Crippen LogP contribution in [0.4, 0.5) is 0 Å². The normalized spacial score (nSPS) is 42.8. The van der Waals surface area contributed by atoms with E-state index in [0.29, 0.717) is 0 Å². The Labute approximate surface area is 532 Å². The van der Waals surface area contributed by atoms with E-state index >= 15 is 0 Å². The monoisotopic (exact) mass is 1340 g/mol. The number of aliphatic hydroxyl groups is 20. The lowest BCUT2D eigenvalue weighted by Gasteiger charge is -2.48. The van der Waals surface area contributed by atoms with E-state index < -0.39 is 217 Å². The Morgan fingerprint density at radius 1 is 0.344 bits per heavy atom. The molecule has 0 saturated carbocycles. The molecule has 0 bridgehead atoms. The third-order valence-corrected chi connectivity index (χ3v) is 16.8. The van der Waals surface area contributed by atoms with Gasteiger partial charge in [-0.2, -0.15) is 0 Å². The maximum atomic E-state index is 10.6. The fraction of sp³-hybridized carbons (Fsp3) is 0.700. The Hall–Kier alpha value is -3.66. The Morgan fingerprint density at radius 3 is 1.09 bits per heavy atom. The number of aryl methyl sites for hydroxylation is 3. The second kappa shape index (κ2) is 34.2. The summed E-state index contributed by atoms with van der Waals surface area (Å²) in [4.78, 5) is 0. The topological polar surface area (TPSA) is 525 Å². The van der Waals surface area contributed by atoms with Crippen molar-refractivity contribution in [3.63, 3.8) is 0 Å². The lowest BCUT2D eigenvalue weighted by atomic mass is 9.97. The van der Waals surface area contributed by atoms with Crippen molar-refractivity contribution >= 4 is 0 Å². The summed E-state index contributed by atoms with van der Waals surface area (Å²) >= 11 is 0. The summed E-state index contributed by atoms with van der Waals surface area (Å²) in [7, 11) is 0. The summed E-state index contributed by atoms with van der Waals surface area (Å²) in [5.74, 6) is 0. The zero-order valence-corrected chi connectivity index (χ0v) is 50.7. The Bertz CT molecular complexity index is 2540. The molecule has 0 aliphatic carbocycles. The van der Waals surface area contributed by atoms with Crippen LogP contribution >= 0.6 is 0 Å². The van der Waals surface area contributed by atoms with Gasteiger partial charge in [0, 0.05) is 5.56 Å². The summed E-state index contributed by atoms with van der Waals surface area (Å²) in [6.45, 7) is 3.59. The molecule has 0 amide bonds. The van der Waals surface area contributed by atoms with Crippen molar-refractivity contribution in [2.45, 2.75) is 225 Å². The Kier molecular flexibility index (Phi) is 27.6. The van der Waals surface area contributed by atoms with E-state index in [1.807, 2.05) is 93.6 Å². The average molecular weight is 1340 g/mol. The minimum absolute atomic E-state index is 0.0432. The van der Waals surface area contributed by atoms with E-state index in [0.717, 1.165) is 33.4 Å². The van der Waals surface area contributed by atoms with Gasteiger partial charge in [0.1, 0.15) is 146 Å². The van der Waals surface area contributed by atoms with Crippen molar-refractivity contribution in [1.82, 2.24) is 0 Å². The smallest absolute Gasteiger partial charge is 0.189 e. The van der Waals surface area contributed by atoms with E-state index in [9.17, 15) is 102 Å². The van der Waals surface area contributed by atoms with Crippen molar-refractivity contribution < 1.29 is 164 Å². The van der Waals surface area contributed by atoms with Crippen molar-refractivity contribution in [2.24, 2.45) is 0 Å². The van der Waals surface area contributed by atoms with Crippen LogP contribution in [-0.4, -0.2) is 326 Å². The molecule has 7 aliphatic rings. The summed E-state index contributed by atoms with van der Waals surface area (Å²) in [6, 6.07) is 22.6. The fourth-order valence-corrected chi connectivity index (χ4v) is 10.9. The van der Waals surface area contributed by atoms with Crippen LogP contribution in [0.1, 0.15) is 39.7 Å². The maximum Gasteiger partial charge on any atom is 0.189 e. The third-order valence-electron chi connectivity index (χ3n) is 16.8. The maximum absolute atomic E-state index is 10.6. The molecule has 3 aromatic rings. The highest BCUT2D eigenvalue weighted by molar-refractivity contribution is 5.23. The summed E-state index contributed by atoms with van der Waals surface area (Å²) in [5.41, 5.74) is 5.71. The van der Waals surface area contributed by atoms with Gasteiger partial charge in [-0.1, -0.05) is 89.5 Å². The van der Waals surface area contributed by atoms with Gasteiger partial charge in [0.15, 0.2) is 44.0 Å². The molecular weight excluding hydrogens is 1250 g/mol. The van der Waals surface area contributed by atoms with E-state index in [1.165, 1.54) is 0 Å². The minimum Gasteiger partial charge on any atom is -0.394 e. The number of hydrogen-bond donors (Lipinski definition) is 20. The third kappa shape index (κ3) is 18.2. The number of benzene rings is 3. The second-order valence-electron chi connectivity index (χ2n) is 23.7. The number of ether oxygens (including phenoxy) is 13. The van der Waals surface area contributed by atoms with Gasteiger partial charge < -0.3 is 164 Å². The molecule has 7 heterocycles. The van der Waals surface area contributed by atoms with Crippen molar-refractivity contribution in [1.29, 1.82) is 0 Å². The van der Waals surface area contributed by atoms with E-state index in [4.69, 9.17) is 61.6 Å². The molecule has 526 valence electrons. The van der Waals surface area contributed by atoms with Gasteiger partial charge in [-0.05, 0) is 31.9 Å². The lowest BCUT2D eigenvalue weighted by Crippen LogP contribution is -2.65. The molecule has 31 atom stereocenters. The summed E-state index contributed by atoms with van der Waals surface area (Å²) in [6.07, 6.45) is -44.2. The molecule has 93 heavy (non-hydrogen) atoms. The zero-order valence-electron chi connectivity index (χ0n) is 50.7. The Morgan fingerprint density at radius 2 is 0.677 bits per heavy atom. The molecule has 0 spiro atoms. The van der Waals surface area contributed by atoms with Gasteiger partial charge in [0.25, 0.3) is 0 Å². The van der Waals surface area contributed by atoms with Gasteiger partial charge in [0.05, 0.1) is 52.9 Å². The number of hydrogen-bond acceptors (Lipinski definition) is 33. The van der Waals surface area contributed by atoms with Crippen LogP contribution in [0.2, 0.25) is 0 Å². The molecule has 33 heteroatoms. The standard InChI is InChI=1S/C20H28O11.2C20H30O11/c1-8-2-4-9(5-3-8)18-27-7-11-17(30-18)14(24)16(26)20(29-11)31-19-15(25)13(23)12(22)10(6-21)28-19;1-9-2-4-10(5-3-9)8-28-18-12(7-22)30-20(17(27)15(18)25)31-19-16(26)14(24)13(23)11(6-21)29-19;1-9-2-4-10(5-3-9)7-28-8-12-14(23)16(25)18(27)20(30-12)31-19-17(26)15(24)13(22)11(6-21)29-19/h2-5,10-26H,6-7H2,1H3;2*2-5,11-27H,6-8H2,1H3/t10-,11-,12-,13+,14-,15-,16-,17-,18?,19-,20-;11-,12-,13-,14+,15-,16-,17-,18-,19-,20-;11-,12-,13-,14-,15+,16+,17-,18-,19-,20-/m111/s1. The molecule has 20 N–H and O–H groups in total. The van der Waals surface area contributed by atoms with Gasteiger partial charge in [0.2, 0.25) is 0 Å². The van der Waals surface area contributed by atoms with Crippen LogP contribution in [0.15, 0.2) is 72.8 Å². The minimum atomic E-state index is -1.71. The largest absolute Gasteiger partial charge is 0.394 e. The van der Waals surface area contributed by atoms with Crippen molar-refractivity contribution in [3.8, 4) is 0 Å². The molecule has 7 fully saturated rings. The number of fused-ring (bicyclic) bond motifs is 1. The highest BCUT2D eigenvalue weighted by Crippen LogP contribution is 2.37. The fourth-order valence-electron chi connectivity index (χ4n) is 10.9. The van der Waals surface area contributed by atoms with Crippen molar-refractivity contribution in [2.75, 3.05) is 39.6 Å².